The molecule has 1 fully saturated rings. The Morgan fingerprint density at radius 1 is 1.60 bits per heavy atom. The van der Waals surface area contributed by atoms with E-state index in [1.807, 2.05) is 18.5 Å². The van der Waals surface area contributed by atoms with Crippen LogP contribution in [0.15, 0.2) is 17.4 Å². The highest BCUT2D eigenvalue weighted by Gasteiger charge is 2.20. The third-order valence-electron chi connectivity index (χ3n) is 2.74. The van der Waals surface area contributed by atoms with Gasteiger partial charge in [-0.25, -0.2) is 9.97 Å². The Morgan fingerprint density at radius 3 is 3.13 bits per heavy atom. The summed E-state index contributed by atoms with van der Waals surface area (Å²) in [7, 11) is 2.10. The molecule has 1 saturated heterocycles. The van der Waals surface area contributed by atoms with E-state index in [1.165, 1.54) is 6.42 Å². The van der Waals surface area contributed by atoms with Crippen LogP contribution in [-0.4, -0.2) is 42.4 Å². The first-order valence-electron chi connectivity index (χ1n) is 5.12. The number of nitrogens with one attached hydrogen (secondary N) is 1. The molecule has 1 aromatic heterocycles. The molecule has 1 aliphatic heterocycles. The van der Waals surface area contributed by atoms with Crippen LogP contribution >= 0.6 is 11.8 Å². The number of hydrogen-bond acceptors (Lipinski definition) is 5. The molecule has 0 unspecified atom stereocenters. The lowest BCUT2D eigenvalue weighted by atomic mass is 10.2. The van der Waals surface area contributed by atoms with Crippen molar-refractivity contribution in [2.45, 2.75) is 17.6 Å². The average molecular weight is 224 g/mol. The van der Waals surface area contributed by atoms with Gasteiger partial charge in [-0.15, -0.1) is 0 Å². The smallest absolute Gasteiger partial charge is 0.189 e. The molecule has 0 aromatic carbocycles. The third-order valence-corrected chi connectivity index (χ3v) is 3.31. The van der Waals surface area contributed by atoms with E-state index >= 15 is 0 Å². The maximum Gasteiger partial charge on any atom is 0.189 e. The van der Waals surface area contributed by atoms with Gasteiger partial charge in [0.25, 0.3) is 0 Å². The summed E-state index contributed by atoms with van der Waals surface area (Å²) in [4.78, 5) is 10.9. The van der Waals surface area contributed by atoms with Crippen molar-refractivity contribution in [3.05, 3.63) is 12.3 Å². The normalized spacial score (nSPS) is 20.5. The van der Waals surface area contributed by atoms with Crippen LogP contribution in [-0.2, 0) is 0 Å². The Bertz CT molecular complexity index is 325. The summed E-state index contributed by atoms with van der Waals surface area (Å²) in [6.07, 6.45) is 5.01. The Hall–Kier alpha value is -0.810. The fourth-order valence-electron chi connectivity index (χ4n) is 1.78. The summed E-state index contributed by atoms with van der Waals surface area (Å²) in [6, 6.07) is 2.53. The number of likely N-dealkylation sites (N-methyl/N-ethyl adjacent to an activating group) is 1. The highest BCUT2D eigenvalue weighted by Crippen LogP contribution is 2.17. The molecule has 0 radical (unpaired) electrons. The van der Waals surface area contributed by atoms with Crippen molar-refractivity contribution in [3.8, 4) is 0 Å². The zero-order valence-electron chi connectivity index (χ0n) is 9.10. The molecule has 0 aliphatic carbocycles. The molecule has 1 aliphatic rings. The number of anilines is 1. The molecule has 4 nitrogen and oxygen atoms in total. The highest BCUT2D eigenvalue weighted by atomic mass is 32.2. The van der Waals surface area contributed by atoms with E-state index in [-0.39, 0.29) is 0 Å². The first kappa shape index (κ1) is 10.7. The molecule has 0 saturated carbocycles. The molecule has 82 valence electrons. The van der Waals surface area contributed by atoms with Crippen LogP contribution in [0.3, 0.4) is 0 Å². The van der Waals surface area contributed by atoms with E-state index < -0.39 is 0 Å². The van der Waals surface area contributed by atoms with Crippen LogP contribution in [0, 0.1) is 0 Å². The Kier molecular flexibility index (Phi) is 3.43. The second-order valence-corrected chi connectivity index (χ2v) is 4.43. The van der Waals surface area contributed by atoms with Gasteiger partial charge in [0, 0.05) is 25.8 Å². The minimum absolute atomic E-state index is 0.564. The maximum atomic E-state index is 4.49. The van der Waals surface area contributed by atoms with Gasteiger partial charge in [0.2, 0.25) is 0 Å². The lowest BCUT2D eigenvalue weighted by Crippen LogP contribution is -2.33. The van der Waals surface area contributed by atoms with Crippen molar-refractivity contribution in [1.82, 2.24) is 15.3 Å². The lowest BCUT2D eigenvalue weighted by molar-refractivity contribution is 0.672. The van der Waals surface area contributed by atoms with Gasteiger partial charge in [0.1, 0.15) is 5.82 Å². The number of thioether (sulfide) groups is 1. The minimum Gasteiger partial charge on any atom is -0.355 e. The summed E-state index contributed by atoms with van der Waals surface area (Å²) in [5.41, 5.74) is 0. The minimum atomic E-state index is 0.564. The molecule has 0 spiro atoms. The predicted octanol–water partition coefficient (Wildman–Crippen LogP) is 0.997. The topological polar surface area (TPSA) is 41.1 Å². The van der Waals surface area contributed by atoms with Crippen molar-refractivity contribution in [2.24, 2.45) is 0 Å². The monoisotopic (exact) mass is 224 g/mol. The third kappa shape index (κ3) is 2.41. The van der Waals surface area contributed by atoms with Crippen LogP contribution < -0.4 is 10.2 Å². The van der Waals surface area contributed by atoms with Crippen molar-refractivity contribution < 1.29 is 0 Å². The SMILES string of the molecule is CSc1nccc(N(C)[C@H]2CCNC2)n1. The number of hydrogen-bond donors (Lipinski definition) is 1. The van der Waals surface area contributed by atoms with E-state index in [0.717, 1.165) is 24.1 Å². The molecular formula is C10H16N4S. The van der Waals surface area contributed by atoms with Crippen LogP contribution in [0.25, 0.3) is 0 Å². The van der Waals surface area contributed by atoms with E-state index in [9.17, 15) is 0 Å². The fraction of sp³-hybridized carbons (Fsp3) is 0.600. The molecule has 2 rings (SSSR count). The van der Waals surface area contributed by atoms with E-state index in [1.54, 1.807) is 11.8 Å². The van der Waals surface area contributed by atoms with Crippen LogP contribution in [0.2, 0.25) is 0 Å². The molecular weight excluding hydrogens is 208 g/mol. The standard InChI is InChI=1S/C10H16N4S/c1-14(8-3-5-11-7-8)9-4-6-12-10(13-9)15-2/h4,6,8,11H,3,5,7H2,1-2H3/t8-/m0/s1. The van der Waals surface area contributed by atoms with Crippen molar-refractivity contribution in [2.75, 3.05) is 31.3 Å². The second kappa shape index (κ2) is 4.81. The van der Waals surface area contributed by atoms with Gasteiger partial charge in [-0.3, -0.25) is 0 Å². The molecule has 1 aromatic rings. The van der Waals surface area contributed by atoms with Crippen molar-refractivity contribution in [3.63, 3.8) is 0 Å². The van der Waals surface area contributed by atoms with Gasteiger partial charge in [-0.1, -0.05) is 11.8 Å². The first-order chi connectivity index (χ1) is 7.31. The summed E-state index contributed by atoms with van der Waals surface area (Å²) in [5.74, 6) is 1.02. The van der Waals surface area contributed by atoms with Crippen LogP contribution in [0.5, 0.6) is 0 Å². The summed E-state index contributed by atoms with van der Waals surface area (Å²) in [5, 5.41) is 4.20. The lowest BCUT2D eigenvalue weighted by Gasteiger charge is -2.24. The van der Waals surface area contributed by atoms with Crippen molar-refractivity contribution >= 4 is 17.6 Å². The number of nitrogens with zero attached hydrogens (tertiary/aromatic N) is 3. The van der Waals surface area contributed by atoms with Gasteiger partial charge in [-0.2, -0.15) is 0 Å². The Balaban J connectivity index is 2.13. The molecule has 0 amide bonds. The summed E-state index contributed by atoms with van der Waals surface area (Å²) < 4.78 is 0. The number of rotatable bonds is 3. The molecule has 0 bridgehead atoms. The fourth-order valence-corrected chi connectivity index (χ4v) is 2.13. The van der Waals surface area contributed by atoms with E-state index in [0.29, 0.717) is 6.04 Å². The van der Waals surface area contributed by atoms with Crippen molar-refractivity contribution in [1.29, 1.82) is 0 Å². The zero-order chi connectivity index (χ0) is 10.7. The maximum absolute atomic E-state index is 4.49. The second-order valence-electron chi connectivity index (χ2n) is 3.66. The first-order valence-corrected chi connectivity index (χ1v) is 6.34. The van der Waals surface area contributed by atoms with Gasteiger partial charge < -0.3 is 10.2 Å². The van der Waals surface area contributed by atoms with Gasteiger partial charge >= 0.3 is 0 Å². The molecule has 5 heteroatoms. The van der Waals surface area contributed by atoms with Crippen LogP contribution in [0.4, 0.5) is 5.82 Å². The zero-order valence-corrected chi connectivity index (χ0v) is 9.92. The van der Waals surface area contributed by atoms with E-state index in [2.05, 4.69) is 27.2 Å². The summed E-state index contributed by atoms with van der Waals surface area (Å²) >= 11 is 1.58. The van der Waals surface area contributed by atoms with E-state index in [4.69, 9.17) is 0 Å². The largest absolute Gasteiger partial charge is 0.355 e. The van der Waals surface area contributed by atoms with Gasteiger partial charge in [0.15, 0.2) is 5.16 Å². The average Bonchev–Trinajstić information content (AvgIpc) is 2.81. The predicted molar refractivity (Wildman–Crippen MR) is 63.5 cm³/mol. The Labute approximate surface area is 94.5 Å². The number of aromatic nitrogens is 2. The highest BCUT2D eigenvalue weighted by molar-refractivity contribution is 7.98. The summed E-state index contributed by atoms with van der Waals surface area (Å²) in [6.45, 7) is 2.16. The molecule has 1 atom stereocenters. The van der Waals surface area contributed by atoms with Gasteiger partial charge in [-0.05, 0) is 25.3 Å². The molecule has 15 heavy (non-hydrogen) atoms. The Morgan fingerprint density at radius 2 is 2.47 bits per heavy atom. The molecule has 1 N–H and O–H groups in total. The quantitative estimate of drug-likeness (QED) is 0.612. The van der Waals surface area contributed by atoms with Gasteiger partial charge in [0.05, 0.1) is 0 Å². The van der Waals surface area contributed by atoms with Crippen LogP contribution in [0.1, 0.15) is 6.42 Å². The molecule has 2 heterocycles.